The van der Waals surface area contributed by atoms with E-state index in [0.717, 1.165) is 12.1 Å². The minimum absolute atomic E-state index is 0.0121. The summed E-state index contributed by atoms with van der Waals surface area (Å²) in [5, 5.41) is 2.53. The normalized spacial score (nSPS) is 11.2. The van der Waals surface area contributed by atoms with Gasteiger partial charge in [0.05, 0.1) is 12.7 Å². The van der Waals surface area contributed by atoms with E-state index in [-0.39, 0.29) is 11.0 Å². The second-order valence-corrected chi connectivity index (χ2v) is 4.31. The van der Waals surface area contributed by atoms with E-state index in [1.54, 1.807) is 24.3 Å². The van der Waals surface area contributed by atoms with Crippen molar-refractivity contribution in [1.82, 2.24) is 4.98 Å². The summed E-state index contributed by atoms with van der Waals surface area (Å²) in [6.07, 6.45) is -4.47. The lowest BCUT2D eigenvalue weighted by molar-refractivity contribution is -0.137. The van der Waals surface area contributed by atoms with Gasteiger partial charge < -0.3 is 10.1 Å². The first-order valence-electron chi connectivity index (χ1n) is 5.54. The van der Waals surface area contributed by atoms with Crippen LogP contribution < -0.4 is 10.1 Å². The molecular formula is C13H10ClF3N2O. The topological polar surface area (TPSA) is 34.1 Å². The molecule has 0 fully saturated rings. The highest BCUT2D eigenvalue weighted by Crippen LogP contribution is 2.32. The molecule has 1 N–H and O–H groups in total. The van der Waals surface area contributed by atoms with Crippen LogP contribution in [-0.4, -0.2) is 12.1 Å². The van der Waals surface area contributed by atoms with E-state index in [0.29, 0.717) is 11.4 Å². The molecule has 0 saturated carbocycles. The average molecular weight is 303 g/mol. The second-order valence-electron chi connectivity index (χ2n) is 3.92. The van der Waals surface area contributed by atoms with E-state index < -0.39 is 11.7 Å². The number of anilines is 2. The van der Waals surface area contributed by atoms with Crippen molar-refractivity contribution in [3.8, 4) is 5.75 Å². The Morgan fingerprint density at radius 2 is 1.95 bits per heavy atom. The molecule has 0 radical (unpaired) electrons. The SMILES string of the molecule is COc1cccc(Nc2cc(C(F)(F)F)cc(Cl)n2)c1. The number of alkyl halides is 3. The molecule has 0 aliphatic carbocycles. The fourth-order valence-electron chi connectivity index (χ4n) is 1.57. The molecule has 2 rings (SSSR count). The predicted octanol–water partition coefficient (Wildman–Crippen LogP) is 4.51. The zero-order chi connectivity index (χ0) is 14.8. The van der Waals surface area contributed by atoms with Gasteiger partial charge in [0, 0.05) is 11.8 Å². The molecule has 0 aliphatic heterocycles. The van der Waals surface area contributed by atoms with E-state index in [9.17, 15) is 13.2 Å². The summed E-state index contributed by atoms with van der Waals surface area (Å²) in [5.41, 5.74) is -0.310. The van der Waals surface area contributed by atoms with Crippen LogP contribution in [0.1, 0.15) is 5.56 Å². The molecule has 0 atom stereocenters. The smallest absolute Gasteiger partial charge is 0.416 e. The summed E-state index contributed by atoms with van der Waals surface area (Å²) in [6.45, 7) is 0. The monoisotopic (exact) mass is 302 g/mol. The van der Waals surface area contributed by atoms with Crippen LogP contribution in [0.5, 0.6) is 5.75 Å². The molecule has 0 bridgehead atoms. The molecule has 7 heteroatoms. The Morgan fingerprint density at radius 1 is 1.20 bits per heavy atom. The van der Waals surface area contributed by atoms with Crippen molar-refractivity contribution in [2.75, 3.05) is 12.4 Å². The Hall–Kier alpha value is -1.95. The molecule has 1 aromatic heterocycles. The van der Waals surface area contributed by atoms with E-state index in [1.165, 1.54) is 7.11 Å². The number of hydrogen-bond donors (Lipinski definition) is 1. The summed E-state index contributed by atoms with van der Waals surface area (Å²) in [5.74, 6) is 0.589. The number of halogens is 4. The molecule has 0 saturated heterocycles. The van der Waals surface area contributed by atoms with Crippen LogP contribution in [0, 0.1) is 0 Å². The van der Waals surface area contributed by atoms with Crippen LogP contribution >= 0.6 is 11.6 Å². The van der Waals surface area contributed by atoms with Gasteiger partial charge in [0.2, 0.25) is 0 Å². The molecule has 20 heavy (non-hydrogen) atoms. The Kier molecular flexibility index (Phi) is 4.04. The number of benzene rings is 1. The van der Waals surface area contributed by atoms with Gasteiger partial charge in [-0.25, -0.2) is 4.98 Å². The Morgan fingerprint density at radius 3 is 2.60 bits per heavy atom. The highest BCUT2D eigenvalue weighted by Gasteiger charge is 2.31. The quantitative estimate of drug-likeness (QED) is 0.847. The molecule has 2 aromatic rings. The molecule has 1 heterocycles. The Balaban J connectivity index is 2.31. The molecule has 3 nitrogen and oxygen atoms in total. The number of methoxy groups -OCH3 is 1. The van der Waals surface area contributed by atoms with Crippen molar-refractivity contribution < 1.29 is 17.9 Å². The van der Waals surface area contributed by atoms with Gasteiger partial charge in [-0.05, 0) is 24.3 Å². The van der Waals surface area contributed by atoms with Crippen LogP contribution in [0.3, 0.4) is 0 Å². The zero-order valence-corrected chi connectivity index (χ0v) is 11.1. The summed E-state index contributed by atoms with van der Waals surface area (Å²) in [7, 11) is 1.50. The van der Waals surface area contributed by atoms with Crippen molar-refractivity contribution in [1.29, 1.82) is 0 Å². The van der Waals surface area contributed by atoms with Crippen LogP contribution in [0.15, 0.2) is 36.4 Å². The molecule has 0 spiro atoms. The minimum atomic E-state index is -4.47. The Labute approximate surface area is 118 Å². The standard InChI is InChI=1S/C13H10ClF3N2O/c1-20-10-4-2-3-9(7-10)18-12-6-8(13(15,16)17)5-11(14)19-12/h2-7H,1H3,(H,18,19). The van der Waals surface area contributed by atoms with Crippen molar-refractivity contribution in [2.24, 2.45) is 0 Å². The lowest BCUT2D eigenvalue weighted by atomic mass is 10.2. The van der Waals surface area contributed by atoms with Crippen LogP contribution in [0.25, 0.3) is 0 Å². The van der Waals surface area contributed by atoms with Crippen LogP contribution in [0.2, 0.25) is 5.15 Å². The zero-order valence-electron chi connectivity index (χ0n) is 10.3. The van der Waals surface area contributed by atoms with Gasteiger partial charge >= 0.3 is 6.18 Å². The third-order valence-electron chi connectivity index (χ3n) is 2.46. The first-order valence-corrected chi connectivity index (χ1v) is 5.92. The summed E-state index contributed by atoms with van der Waals surface area (Å²) in [6, 6.07) is 8.41. The highest BCUT2D eigenvalue weighted by molar-refractivity contribution is 6.29. The van der Waals surface area contributed by atoms with Crippen molar-refractivity contribution >= 4 is 23.1 Å². The number of nitrogens with zero attached hydrogens (tertiary/aromatic N) is 1. The number of aromatic nitrogens is 1. The Bertz CT molecular complexity index is 617. The lowest BCUT2D eigenvalue weighted by Crippen LogP contribution is -2.06. The number of ether oxygens (including phenoxy) is 1. The van der Waals surface area contributed by atoms with Crippen LogP contribution in [-0.2, 0) is 6.18 Å². The number of rotatable bonds is 3. The van der Waals surface area contributed by atoms with Gasteiger partial charge in [-0.1, -0.05) is 17.7 Å². The molecule has 0 amide bonds. The summed E-state index contributed by atoms with van der Waals surface area (Å²) < 4.78 is 43.0. The average Bonchev–Trinajstić information content (AvgIpc) is 2.37. The molecule has 1 aromatic carbocycles. The lowest BCUT2D eigenvalue weighted by Gasteiger charge is -2.11. The van der Waals surface area contributed by atoms with E-state index in [2.05, 4.69) is 10.3 Å². The first-order chi connectivity index (χ1) is 9.38. The van der Waals surface area contributed by atoms with Crippen molar-refractivity contribution in [2.45, 2.75) is 6.18 Å². The highest BCUT2D eigenvalue weighted by atomic mass is 35.5. The van der Waals surface area contributed by atoms with Crippen LogP contribution in [0.4, 0.5) is 24.7 Å². The van der Waals surface area contributed by atoms with Gasteiger partial charge in [-0.15, -0.1) is 0 Å². The maximum Gasteiger partial charge on any atom is 0.416 e. The first kappa shape index (κ1) is 14.5. The van der Waals surface area contributed by atoms with Gasteiger partial charge in [-0.3, -0.25) is 0 Å². The van der Waals surface area contributed by atoms with Gasteiger partial charge in [0.25, 0.3) is 0 Å². The third kappa shape index (κ3) is 3.54. The van der Waals surface area contributed by atoms with Gasteiger partial charge in [-0.2, -0.15) is 13.2 Å². The fourth-order valence-corrected chi connectivity index (χ4v) is 1.78. The van der Waals surface area contributed by atoms with Gasteiger partial charge in [0.15, 0.2) is 0 Å². The van der Waals surface area contributed by atoms with E-state index in [1.807, 2.05) is 0 Å². The largest absolute Gasteiger partial charge is 0.497 e. The van der Waals surface area contributed by atoms with Crippen molar-refractivity contribution in [3.63, 3.8) is 0 Å². The summed E-state index contributed by atoms with van der Waals surface area (Å²) in [4.78, 5) is 3.81. The fraction of sp³-hybridized carbons (Fsp3) is 0.154. The third-order valence-corrected chi connectivity index (χ3v) is 2.66. The predicted molar refractivity (Wildman–Crippen MR) is 70.5 cm³/mol. The summed E-state index contributed by atoms with van der Waals surface area (Å²) >= 11 is 5.61. The minimum Gasteiger partial charge on any atom is -0.497 e. The maximum atomic E-state index is 12.7. The van der Waals surface area contributed by atoms with Crippen molar-refractivity contribution in [3.05, 3.63) is 47.1 Å². The van der Waals surface area contributed by atoms with E-state index >= 15 is 0 Å². The van der Waals surface area contributed by atoms with E-state index in [4.69, 9.17) is 16.3 Å². The number of nitrogens with one attached hydrogen (secondary N) is 1. The number of hydrogen-bond acceptors (Lipinski definition) is 3. The molecule has 0 unspecified atom stereocenters. The second kappa shape index (κ2) is 5.58. The molecular weight excluding hydrogens is 293 g/mol. The number of pyridine rings is 1. The molecule has 106 valence electrons. The van der Waals surface area contributed by atoms with Gasteiger partial charge in [0.1, 0.15) is 16.7 Å². The maximum absolute atomic E-state index is 12.7. The molecule has 0 aliphatic rings.